The van der Waals surface area contributed by atoms with E-state index in [0.29, 0.717) is 0 Å². The number of amides is 19. The first-order chi connectivity index (χ1) is 65.2. The number of carboxylic acids is 6. The van der Waals surface area contributed by atoms with E-state index in [9.17, 15) is 171 Å². The molecule has 23 atom stereocenters. The predicted molar refractivity (Wildman–Crippen MR) is 484 cm³/mol. The molecule has 0 aliphatic carbocycles. The topological polar surface area (TPSA) is 909 Å². The second-order valence-corrected chi connectivity index (χ2v) is 35.0. The number of aliphatic carboxylic acids is 6. The summed E-state index contributed by atoms with van der Waals surface area (Å²) in [4.78, 5) is 335. The highest BCUT2D eigenvalue weighted by atomic mass is 32.1. The number of primary amides is 1. The highest BCUT2D eigenvalue weighted by Crippen LogP contribution is 2.22. The minimum absolute atomic E-state index is 0.0258. The molecule has 1 fully saturated rings. The van der Waals surface area contributed by atoms with Gasteiger partial charge in [-0.15, -0.1) is 0 Å². The van der Waals surface area contributed by atoms with Gasteiger partial charge in [0.15, 0.2) is 0 Å². The largest absolute Gasteiger partial charge is 0.481 e. The average Bonchev–Trinajstić information content (AvgIpc) is 1.65. The SMILES string of the molecule is CC[C@H](C)[C@H](NC(=O)[C@H](CCC(=O)O)NC(=O)[C@H](CCC(=O)O)NC(=O)[C@@H]1CCCN1C(=O)[C@H](CC(=O)O)NC(=O)[C@H](CS)NC(=O)[C@H](CCC(N)=O)NC(=O)[C@@H](NC(=O)[C@H](C)NC(=O)[C@@H](NC(=O)[C@H](CO)NC(=O)[C@@H](N)[C@@H](C)O)C(C)C)[C@@H](C)O)C(=O)N[C@H](C(=O)N[C@H](C(=O)N[C@@H](CC(C)C)C(=O)N[C@@H](CO)C(=O)N[C@@H](CC(=O)O)C(=O)N[C@@H](CO)C(=O)N[C@@H](CC(=O)O)C(=O)O)C(C)C)[C@@H](C)CC. The second-order valence-electron chi connectivity index (χ2n) is 34.7. The Balaban J connectivity index is 3.63. The van der Waals surface area contributed by atoms with E-state index in [4.69, 9.17) is 16.6 Å². The molecule has 0 radical (unpaired) electrons. The molecule has 140 heavy (non-hydrogen) atoms. The Kier molecular flexibility index (Phi) is 54.7. The Labute approximate surface area is 808 Å². The molecule has 32 N–H and O–H groups in total. The number of nitrogens with one attached hydrogen (secondary N) is 17. The molecule has 57 heteroatoms. The summed E-state index contributed by atoms with van der Waals surface area (Å²) in [7, 11) is 0. The zero-order chi connectivity index (χ0) is 107. The maximum atomic E-state index is 14.7. The van der Waals surface area contributed by atoms with E-state index in [1.807, 2.05) is 10.6 Å². The summed E-state index contributed by atoms with van der Waals surface area (Å²) < 4.78 is 0. The number of thiol groups is 1. The Bertz CT molecular complexity index is 4390. The number of carbonyl (C=O) groups is 25. The van der Waals surface area contributed by atoms with Crippen molar-refractivity contribution in [2.75, 3.05) is 32.1 Å². The third kappa shape index (κ3) is 42.7. The van der Waals surface area contributed by atoms with Gasteiger partial charge in [0.2, 0.25) is 112 Å². The molecule has 0 unspecified atom stereocenters. The molecule has 0 aromatic heterocycles. The van der Waals surface area contributed by atoms with Crippen LogP contribution in [0.15, 0.2) is 0 Å². The molecular formula is C83H136N20O36S. The van der Waals surface area contributed by atoms with Crippen LogP contribution in [0.3, 0.4) is 0 Å². The van der Waals surface area contributed by atoms with Crippen molar-refractivity contribution in [1.29, 1.82) is 0 Å². The van der Waals surface area contributed by atoms with Gasteiger partial charge in [-0.1, -0.05) is 82.1 Å². The number of nitrogens with two attached hydrogens (primary N) is 2. The Morgan fingerprint density at radius 2 is 0.657 bits per heavy atom. The van der Waals surface area contributed by atoms with Gasteiger partial charge in [0, 0.05) is 31.6 Å². The quantitative estimate of drug-likeness (QED) is 0.0251. The number of likely N-dealkylation sites (tertiary alicyclic amines) is 1. The van der Waals surface area contributed by atoms with Crippen molar-refractivity contribution in [2.24, 2.45) is 41.1 Å². The molecular weight excluding hydrogens is 1890 g/mol. The van der Waals surface area contributed by atoms with Gasteiger partial charge in [0.1, 0.15) is 115 Å². The molecule has 56 nitrogen and oxygen atoms in total. The summed E-state index contributed by atoms with van der Waals surface area (Å²) in [6.07, 6.45) is -11.7. The van der Waals surface area contributed by atoms with Crippen LogP contribution in [0.1, 0.15) is 180 Å². The van der Waals surface area contributed by atoms with E-state index in [2.05, 4.69) is 87.1 Å². The number of aliphatic hydroxyl groups is 5. The lowest BCUT2D eigenvalue weighted by Gasteiger charge is -2.32. The fourth-order valence-electron chi connectivity index (χ4n) is 13.4. The summed E-state index contributed by atoms with van der Waals surface area (Å²) >= 11 is 4.13. The zero-order valence-electron chi connectivity index (χ0n) is 79.6. The van der Waals surface area contributed by atoms with Crippen molar-refractivity contribution in [3.63, 3.8) is 0 Å². The number of nitrogens with zero attached hydrogens (tertiary/aromatic N) is 1. The molecule has 0 spiro atoms. The van der Waals surface area contributed by atoms with E-state index in [1.54, 1.807) is 33.0 Å². The van der Waals surface area contributed by atoms with Crippen molar-refractivity contribution in [3.05, 3.63) is 0 Å². The van der Waals surface area contributed by atoms with Crippen molar-refractivity contribution in [1.82, 2.24) is 95.3 Å². The van der Waals surface area contributed by atoms with Crippen LogP contribution < -0.4 is 102 Å². The van der Waals surface area contributed by atoms with Gasteiger partial charge in [-0.2, -0.15) is 12.6 Å². The monoisotopic (exact) mass is 2020 g/mol. The molecule has 790 valence electrons. The third-order valence-corrected chi connectivity index (χ3v) is 22.4. The highest BCUT2D eigenvalue weighted by molar-refractivity contribution is 7.80. The lowest BCUT2D eigenvalue weighted by molar-refractivity contribution is -0.147. The minimum atomic E-state index is -2.16. The van der Waals surface area contributed by atoms with Gasteiger partial charge in [-0.25, -0.2) is 4.79 Å². The molecule has 0 aromatic rings. The standard InChI is InChI=1S/C83H136N20O36S/c1-14-36(9)62(80(135)101-63(37(10)15-2)79(134)99-61(35(7)8)78(133)91-44(25-33(3)4)69(124)94-48(29-104)71(126)90-45(26-56(114)115)70(125)95-49(30-105)72(127)93-47(83(138)139)28-58(118)119)100-68(123)43(20-23-55(112)113)87-66(121)42(19-22-54(110)111)88-75(130)52-17-16-24-103(52)82(137)46(27-57(116)117)92-74(129)51(32-140)97-67(122)41(18-21-53(84)109)89-81(136)64(40(13)108)102-65(120)38(11)86-77(132)60(34(5)6)98-73(128)50(31-106)96-76(131)59(85)39(12)107/h33-52,59-64,104-108,140H,14-32,85H2,1-13H3,(H2,84,109)(H,86,132)(H,87,121)(H,88,130)(H,89,136)(H,90,126)(H,91,133)(H,92,129)(H,93,127)(H,94,124)(H,95,125)(H,96,131)(H,97,122)(H,98,128)(H,99,134)(H,100,123)(H,101,135)(H,102,120)(H,110,111)(H,112,113)(H,114,115)(H,116,117)(H,118,119)(H,138,139)/t36-,37-,38-,39+,40+,41-,42-,43-,44-,45-,46-,47-,48-,49-,50-,51-,52-,59-,60-,61-,62-,63-,64-/m0/s1. The predicted octanol–water partition coefficient (Wildman–Crippen LogP) is -11.8. The van der Waals surface area contributed by atoms with Gasteiger partial charge in [0.05, 0.1) is 51.3 Å². The fraction of sp³-hybridized carbons (Fsp3) is 0.699. The number of carboxylic acid groups (broad SMARTS) is 6. The van der Waals surface area contributed by atoms with Gasteiger partial charge in [0.25, 0.3) is 0 Å². The van der Waals surface area contributed by atoms with E-state index in [-0.39, 0.29) is 38.6 Å². The molecule has 1 rings (SSSR count). The molecule has 19 amide bonds. The lowest BCUT2D eigenvalue weighted by Crippen LogP contribution is -2.63. The first kappa shape index (κ1) is 125. The van der Waals surface area contributed by atoms with Gasteiger partial charge in [-0.05, 0) is 88.9 Å². The molecule has 1 saturated heterocycles. The lowest BCUT2D eigenvalue weighted by atomic mass is 9.93. The van der Waals surface area contributed by atoms with Crippen LogP contribution in [0.5, 0.6) is 0 Å². The van der Waals surface area contributed by atoms with E-state index < -0.39 is 388 Å². The van der Waals surface area contributed by atoms with Gasteiger partial charge in [-0.3, -0.25) is 115 Å². The van der Waals surface area contributed by atoms with Gasteiger partial charge < -0.3 is 163 Å². The third-order valence-electron chi connectivity index (χ3n) is 22.0. The van der Waals surface area contributed by atoms with Crippen molar-refractivity contribution in [3.8, 4) is 0 Å². The summed E-state index contributed by atoms with van der Waals surface area (Å²) in [5, 5.41) is 146. The van der Waals surface area contributed by atoms with Crippen molar-refractivity contribution < 1.29 is 176 Å². The number of hydrogen-bond donors (Lipinski definition) is 31. The number of hydrogen-bond acceptors (Lipinski definition) is 32. The molecule has 1 heterocycles. The normalized spacial score (nSPS) is 17.1. The Morgan fingerprint density at radius 1 is 0.343 bits per heavy atom. The number of carbonyl (C=O) groups excluding carboxylic acids is 19. The van der Waals surface area contributed by atoms with Crippen molar-refractivity contribution in [2.45, 2.75) is 307 Å². The molecule has 1 aliphatic rings. The first-order valence-electron chi connectivity index (χ1n) is 44.8. The molecule has 0 bridgehead atoms. The van der Waals surface area contributed by atoms with Crippen LogP contribution in [0, 0.1) is 29.6 Å². The van der Waals surface area contributed by atoms with Crippen LogP contribution in [0.25, 0.3) is 0 Å². The van der Waals surface area contributed by atoms with E-state index >= 15 is 0 Å². The number of rotatable bonds is 65. The van der Waals surface area contributed by atoms with Crippen LogP contribution in [0.4, 0.5) is 0 Å². The van der Waals surface area contributed by atoms with Crippen LogP contribution in [0.2, 0.25) is 0 Å². The first-order valence-corrected chi connectivity index (χ1v) is 45.4. The van der Waals surface area contributed by atoms with Crippen molar-refractivity contribution >= 4 is 161 Å². The van der Waals surface area contributed by atoms with Crippen LogP contribution in [-0.2, 0) is 120 Å². The molecule has 0 saturated carbocycles. The summed E-state index contributed by atoms with van der Waals surface area (Å²) in [6.45, 7) is 14.8. The summed E-state index contributed by atoms with van der Waals surface area (Å²) in [5.74, 6) is -37.4. The highest BCUT2D eigenvalue weighted by Gasteiger charge is 2.45. The van der Waals surface area contributed by atoms with E-state index in [0.717, 1.165) is 18.7 Å². The van der Waals surface area contributed by atoms with E-state index in [1.165, 1.54) is 48.5 Å². The smallest absolute Gasteiger partial charge is 0.326 e. The summed E-state index contributed by atoms with van der Waals surface area (Å²) in [6, 6.07) is -34.4. The number of aliphatic hydroxyl groups excluding tert-OH is 5. The maximum Gasteiger partial charge on any atom is 0.326 e. The Hall–Kier alpha value is -13.1. The fourth-order valence-corrected chi connectivity index (χ4v) is 13.7. The molecule has 0 aromatic carbocycles. The zero-order valence-corrected chi connectivity index (χ0v) is 80.5. The second kappa shape index (κ2) is 61.3. The average molecular weight is 2020 g/mol. The summed E-state index contributed by atoms with van der Waals surface area (Å²) in [5.41, 5.74) is 11.0. The van der Waals surface area contributed by atoms with Crippen LogP contribution in [-0.4, -0.2) is 368 Å². The molecule has 1 aliphatic heterocycles. The Morgan fingerprint density at radius 3 is 1.07 bits per heavy atom. The van der Waals surface area contributed by atoms with Gasteiger partial charge >= 0.3 is 35.8 Å². The van der Waals surface area contributed by atoms with Crippen LogP contribution >= 0.6 is 12.6 Å². The minimum Gasteiger partial charge on any atom is -0.481 e. The maximum absolute atomic E-state index is 14.7.